The summed E-state index contributed by atoms with van der Waals surface area (Å²) in [6.07, 6.45) is 0. The number of benzene rings is 8. The minimum absolute atomic E-state index is 0.616. The van der Waals surface area contributed by atoms with Crippen molar-refractivity contribution in [3.05, 3.63) is 182 Å². The van der Waals surface area contributed by atoms with Crippen LogP contribution in [0.15, 0.2) is 186 Å². The summed E-state index contributed by atoms with van der Waals surface area (Å²) in [5.41, 5.74) is 10.00. The molecule has 0 saturated heterocycles. The lowest BCUT2D eigenvalue weighted by Gasteiger charge is -2.13. The minimum atomic E-state index is 0.616. The van der Waals surface area contributed by atoms with Crippen molar-refractivity contribution in [1.29, 1.82) is 0 Å². The van der Waals surface area contributed by atoms with Crippen molar-refractivity contribution in [3.8, 4) is 51.0 Å². The van der Waals surface area contributed by atoms with Gasteiger partial charge in [-0.15, -0.1) is 0 Å². The van der Waals surface area contributed by atoms with E-state index >= 15 is 0 Å². The molecule has 0 fully saturated rings. The molecule has 0 aliphatic rings. The Bertz CT molecular complexity index is 3150. The first-order valence-electron chi connectivity index (χ1n) is 18.1. The molecule has 11 rings (SSSR count). The predicted molar refractivity (Wildman–Crippen MR) is 221 cm³/mol. The zero-order chi connectivity index (χ0) is 35.6. The molecule has 5 nitrogen and oxygen atoms in total. The highest BCUT2D eigenvalue weighted by Gasteiger charge is 2.21. The molecule has 0 N–H and O–H groups in total. The van der Waals surface area contributed by atoms with E-state index in [1.54, 1.807) is 0 Å². The molecule has 0 amide bonds. The van der Waals surface area contributed by atoms with Gasteiger partial charge in [0.1, 0.15) is 11.2 Å². The summed E-state index contributed by atoms with van der Waals surface area (Å²) < 4.78 is 8.90. The zero-order valence-electron chi connectivity index (χ0n) is 29.0. The van der Waals surface area contributed by atoms with Gasteiger partial charge in [-0.3, -0.25) is 0 Å². The van der Waals surface area contributed by atoms with Gasteiger partial charge in [-0.1, -0.05) is 146 Å². The molecule has 11 aromatic rings. The summed E-state index contributed by atoms with van der Waals surface area (Å²) >= 11 is 0. The first-order chi connectivity index (χ1) is 26.8. The van der Waals surface area contributed by atoms with Crippen LogP contribution >= 0.6 is 0 Å². The maximum atomic E-state index is 6.54. The number of rotatable bonds is 5. The van der Waals surface area contributed by atoms with Gasteiger partial charge >= 0.3 is 0 Å². The highest BCUT2D eigenvalue weighted by Crippen LogP contribution is 2.42. The fourth-order valence-corrected chi connectivity index (χ4v) is 8.03. The molecule has 8 aromatic carbocycles. The van der Waals surface area contributed by atoms with E-state index in [1.807, 2.05) is 60.7 Å². The summed E-state index contributed by atoms with van der Waals surface area (Å²) in [6.45, 7) is 0. The number of nitrogens with zero attached hydrogens (tertiary/aromatic N) is 4. The monoisotopic (exact) mass is 690 g/mol. The molecule has 0 atom stereocenters. The van der Waals surface area contributed by atoms with Gasteiger partial charge in [0.05, 0.1) is 11.0 Å². The Morgan fingerprint density at radius 1 is 0.389 bits per heavy atom. The Morgan fingerprint density at radius 3 is 1.78 bits per heavy atom. The molecule has 0 bridgehead atoms. The number of aromatic nitrogens is 4. The van der Waals surface area contributed by atoms with Crippen LogP contribution in [0.5, 0.6) is 0 Å². The summed E-state index contributed by atoms with van der Waals surface area (Å²) in [7, 11) is 0. The molecule has 0 saturated carbocycles. The van der Waals surface area contributed by atoms with E-state index in [9.17, 15) is 0 Å². The molecule has 0 aliphatic heterocycles. The Morgan fingerprint density at radius 2 is 0.981 bits per heavy atom. The Hall–Kier alpha value is -7.37. The number of fused-ring (bicyclic) bond motifs is 7. The van der Waals surface area contributed by atoms with Crippen molar-refractivity contribution < 1.29 is 4.42 Å². The number of hydrogen-bond acceptors (Lipinski definition) is 4. The van der Waals surface area contributed by atoms with Gasteiger partial charge in [0.15, 0.2) is 17.5 Å². The first-order valence-corrected chi connectivity index (χ1v) is 18.1. The van der Waals surface area contributed by atoms with Gasteiger partial charge in [-0.25, -0.2) is 15.0 Å². The third-order valence-electron chi connectivity index (χ3n) is 10.5. The van der Waals surface area contributed by atoms with Crippen LogP contribution in [0.1, 0.15) is 0 Å². The van der Waals surface area contributed by atoms with Crippen LogP contribution in [0.25, 0.3) is 105 Å². The van der Waals surface area contributed by atoms with E-state index < -0.39 is 0 Å². The minimum Gasteiger partial charge on any atom is -0.456 e. The van der Waals surface area contributed by atoms with E-state index in [0.29, 0.717) is 17.5 Å². The smallest absolute Gasteiger partial charge is 0.166 e. The molecule has 0 spiro atoms. The van der Waals surface area contributed by atoms with Crippen LogP contribution in [0, 0.1) is 0 Å². The topological polar surface area (TPSA) is 56.7 Å². The zero-order valence-corrected chi connectivity index (χ0v) is 29.0. The van der Waals surface area contributed by atoms with E-state index in [4.69, 9.17) is 19.4 Å². The molecule has 5 heteroatoms. The molecule has 3 aromatic heterocycles. The lowest BCUT2D eigenvalue weighted by molar-refractivity contribution is 0.669. The summed E-state index contributed by atoms with van der Waals surface area (Å²) in [5.74, 6) is 1.88. The van der Waals surface area contributed by atoms with Gasteiger partial charge in [0, 0.05) is 43.9 Å². The maximum Gasteiger partial charge on any atom is 0.166 e. The lowest BCUT2D eigenvalue weighted by Crippen LogP contribution is -2.02. The van der Waals surface area contributed by atoms with Crippen LogP contribution in [0.4, 0.5) is 0 Å². The van der Waals surface area contributed by atoms with E-state index in [0.717, 1.165) is 71.7 Å². The van der Waals surface area contributed by atoms with Gasteiger partial charge < -0.3 is 8.98 Å². The highest BCUT2D eigenvalue weighted by molar-refractivity contribution is 6.17. The number of furan rings is 1. The first kappa shape index (κ1) is 30.3. The Labute approximate surface area is 310 Å². The molecular formula is C49H30N4O. The summed E-state index contributed by atoms with van der Waals surface area (Å²) in [6, 6.07) is 63.2. The van der Waals surface area contributed by atoms with Crippen molar-refractivity contribution in [3.63, 3.8) is 0 Å². The fraction of sp³-hybridized carbons (Fsp3) is 0. The van der Waals surface area contributed by atoms with Crippen LogP contribution in [-0.2, 0) is 0 Å². The van der Waals surface area contributed by atoms with Gasteiger partial charge in [-0.05, 0) is 58.3 Å². The molecular weight excluding hydrogens is 661 g/mol. The standard InChI is InChI=1S/C49H30N4O/c1-3-15-32(16-4-1)47-50-48(33-17-5-2-6-18-33)52-49(51-47)40-25-12-24-39-37-21-9-10-26-42(37)53(46(39)40)34-28-29-43-41(30-34)45-38(23-13-27-44(45)54-43)36-22-11-19-31-14-7-8-20-35(31)36/h1-30H. The Kier molecular flexibility index (Phi) is 6.79. The molecule has 0 radical (unpaired) electrons. The number of para-hydroxylation sites is 2. The molecule has 0 aliphatic carbocycles. The quantitative estimate of drug-likeness (QED) is 0.180. The highest BCUT2D eigenvalue weighted by atomic mass is 16.3. The molecule has 3 heterocycles. The number of hydrogen-bond donors (Lipinski definition) is 0. The lowest BCUT2D eigenvalue weighted by atomic mass is 9.94. The van der Waals surface area contributed by atoms with Crippen LogP contribution < -0.4 is 0 Å². The SMILES string of the molecule is c1ccc(-c2nc(-c3ccccc3)nc(-c3cccc4c5ccccc5n(-c5ccc6oc7cccc(-c8cccc9ccccc89)c7c6c5)c34)n2)cc1. The maximum absolute atomic E-state index is 6.54. The predicted octanol–water partition coefficient (Wildman–Crippen LogP) is 12.7. The second-order valence-corrected chi connectivity index (χ2v) is 13.6. The van der Waals surface area contributed by atoms with E-state index in [2.05, 4.69) is 126 Å². The second-order valence-electron chi connectivity index (χ2n) is 13.6. The van der Waals surface area contributed by atoms with Crippen molar-refractivity contribution in [1.82, 2.24) is 19.5 Å². The molecule has 54 heavy (non-hydrogen) atoms. The third kappa shape index (κ3) is 4.76. The van der Waals surface area contributed by atoms with Crippen molar-refractivity contribution >= 4 is 54.5 Å². The second kappa shape index (κ2) is 12.1. The van der Waals surface area contributed by atoms with Crippen molar-refractivity contribution in [2.45, 2.75) is 0 Å². The average molecular weight is 691 g/mol. The molecule has 252 valence electrons. The van der Waals surface area contributed by atoms with Gasteiger partial charge in [-0.2, -0.15) is 0 Å². The van der Waals surface area contributed by atoms with Crippen molar-refractivity contribution in [2.24, 2.45) is 0 Å². The van der Waals surface area contributed by atoms with E-state index in [1.165, 1.54) is 16.3 Å². The third-order valence-corrected chi connectivity index (χ3v) is 10.5. The summed E-state index contributed by atoms with van der Waals surface area (Å²) in [4.78, 5) is 15.3. The molecule has 0 unspecified atom stereocenters. The van der Waals surface area contributed by atoms with Crippen LogP contribution in [0.3, 0.4) is 0 Å². The summed E-state index contributed by atoms with van der Waals surface area (Å²) in [5, 5.41) is 6.87. The van der Waals surface area contributed by atoms with E-state index in [-0.39, 0.29) is 0 Å². The van der Waals surface area contributed by atoms with Crippen LogP contribution in [0.2, 0.25) is 0 Å². The normalized spacial score (nSPS) is 11.7. The van der Waals surface area contributed by atoms with Crippen molar-refractivity contribution in [2.75, 3.05) is 0 Å². The Balaban J connectivity index is 1.19. The fourth-order valence-electron chi connectivity index (χ4n) is 8.03. The van der Waals surface area contributed by atoms with Gasteiger partial charge in [0.2, 0.25) is 0 Å². The van der Waals surface area contributed by atoms with Gasteiger partial charge in [0.25, 0.3) is 0 Å². The average Bonchev–Trinajstić information content (AvgIpc) is 3.79. The largest absolute Gasteiger partial charge is 0.456 e. The van der Waals surface area contributed by atoms with Crippen LogP contribution in [-0.4, -0.2) is 19.5 Å².